The molecule has 0 radical (unpaired) electrons. The van der Waals surface area contributed by atoms with Crippen LogP contribution in [0.5, 0.6) is 0 Å². The molecule has 1 amide bonds. The number of aromatic nitrogens is 3. The fourth-order valence-electron chi connectivity index (χ4n) is 3.29. The molecule has 1 aliphatic rings. The van der Waals surface area contributed by atoms with E-state index in [4.69, 9.17) is 0 Å². The number of aryl methyl sites for hydroxylation is 1. The van der Waals surface area contributed by atoms with Crippen LogP contribution in [0.25, 0.3) is 0 Å². The van der Waals surface area contributed by atoms with E-state index in [0.717, 1.165) is 44.2 Å². The van der Waals surface area contributed by atoms with Gasteiger partial charge in [-0.3, -0.25) is 4.79 Å². The van der Waals surface area contributed by atoms with Gasteiger partial charge in [0.2, 0.25) is 0 Å². The van der Waals surface area contributed by atoms with Gasteiger partial charge < -0.3 is 9.47 Å². The van der Waals surface area contributed by atoms with Crippen LogP contribution in [-0.4, -0.2) is 38.4 Å². The minimum absolute atomic E-state index is 0.119. The third-order valence-corrected chi connectivity index (χ3v) is 4.58. The molecule has 5 nitrogen and oxygen atoms in total. The minimum Gasteiger partial charge on any atom is -0.336 e. The summed E-state index contributed by atoms with van der Waals surface area (Å²) >= 11 is 0. The van der Waals surface area contributed by atoms with Gasteiger partial charge in [0.05, 0.1) is 6.20 Å². The van der Waals surface area contributed by atoms with Gasteiger partial charge in [-0.05, 0) is 19.3 Å². The van der Waals surface area contributed by atoms with E-state index in [0.29, 0.717) is 19.2 Å². The van der Waals surface area contributed by atoms with E-state index in [1.807, 2.05) is 6.20 Å². The summed E-state index contributed by atoms with van der Waals surface area (Å²) in [4.78, 5) is 22.3. The number of hydrogen-bond acceptors (Lipinski definition) is 3. The largest absolute Gasteiger partial charge is 0.336 e. The van der Waals surface area contributed by atoms with Crippen molar-refractivity contribution in [3.05, 3.63) is 47.8 Å². The third-order valence-electron chi connectivity index (χ3n) is 4.58. The highest BCUT2D eigenvalue weighted by molar-refractivity contribution is 5.92. The number of amides is 1. The summed E-state index contributed by atoms with van der Waals surface area (Å²) in [6.07, 6.45) is 8.55. The van der Waals surface area contributed by atoms with Crippen molar-refractivity contribution in [2.45, 2.75) is 45.1 Å². The van der Waals surface area contributed by atoms with E-state index in [1.165, 1.54) is 0 Å². The number of likely N-dealkylation sites (tertiary alicyclic amines) is 1. The lowest BCUT2D eigenvalue weighted by molar-refractivity contribution is 0.0692. The fraction of sp³-hybridized carbons (Fsp3) is 0.500. The summed E-state index contributed by atoms with van der Waals surface area (Å²) in [6, 6.07) is 0.694. The number of pyridine rings is 1. The first-order valence-electron chi connectivity index (χ1n) is 8.71. The summed E-state index contributed by atoms with van der Waals surface area (Å²) in [6.45, 7) is 4.07. The minimum atomic E-state index is -0.920. The molecule has 1 saturated heterocycles. The van der Waals surface area contributed by atoms with Gasteiger partial charge in [0.25, 0.3) is 5.91 Å². The van der Waals surface area contributed by atoms with Crippen LogP contribution in [0.4, 0.5) is 8.78 Å². The van der Waals surface area contributed by atoms with Crippen LogP contribution < -0.4 is 0 Å². The molecule has 1 atom stereocenters. The number of unbranched alkanes of at least 4 members (excludes halogenated alkanes) is 1. The van der Waals surface area contributed by atoms with Gasteiger partial charge in [0.1, 0.15) is 11.6 Å². The van der Waals surface area contributed by atoms with Crippen molar-refractivity contribution in [2.75, 3.05) is 13.1 Å². The predicted octanol–water partition coefficient (Wildman–Crippen LogP) is 3.38. The molecule has 134 valence electrons. The highest BCUT2D eigenvalue weighted by atomic mass is 19.1. The van der Waals surface area contributed by atoms with Crippen LogP contribution in [0.15, 0.2) is 24.7 Å². The molecule has 2 aromatic rings. The fourth-order valence-corrected chi connectivity index (χ4v) is 3.29. The van der Waals surface area contributed by atoms with E-state index in [9.17, 15) is 13.6 Å². The number of piperidine rings is 1. The van der Waals surface area contributed by atoms with Gasteiger partial charge in [-0.15, -0.1) is 0 Å². The third kappa shape index (κ3) is 3.86. The first kappa shape index (κ1) is 17.5. The molecule has 0 N–H and O–H groups in total. The van der Waals surface area contributed by atoms with E-state index >= 15 is 0 Å². The Morgan fingerprint density at radius 2 is 2.20 bits per heavy atom. The molecular weight excluding hydrogens is 326 g/mol. The Morgan fingerprint density at radius 3 is 2.96 bits per heavy atom. The molecule has 7 heteroatoms. The number of imidazole rings is 1. The molecule has 0 unspecified atom stereocenters. The number of halogens is 2. The molecule has 3 heterocycles. The number of carbonyl (C=O) groups is 1. The average molecular weight is 348 g/mol. The zero-order chi connectivity index (χ0) is 17.8. The van der Waals surface area contributed by atoms with Crippen molar-refractivity contribution in [2.24, 2.45) is 0 Å². The molecule has 2 aromatic heterocycles. The van der Waals surface area contributed by atoms with Gasteiger partial charge in [-0.1, -0.05) is 13.3 Å². The van der Waals surface area contributed by atoms with Crippen molar-refractivity contribution in [1.82, 2.24) is 19.4 Å². The van der Waals surface area contributed by atoms with Crippen LogP contribution >= 0.6 is 0 Å². The Balaban J connectivity index is 1.75. The molecule has 1 aliphatic heterocycles. The van der Waals surface area contributed by atoms with E-state index in [-0.39, 0.29) is 11.6 Å². The van der Waals surface area contributed by atoms with E-state index < -0.39 is 17.5 Å². The quantitative estimate of drug-likeness (QED) is 0.832. The number of hydrogen-bond donors (Lipinski definition) is 0. The van der Waals surface area contributed by atoms with Crippen LogP contribution in [0.2, 0.25) is 0 Å². The molecule has 3 rings (SSSR count). The maximum atomic E-state index is 13.9. The smallest absolute Gasteiger partial charge is 0.275 e. The lowest BCUT2D eigenvalue weighted by atomic mass is 9.96. The molecule has 0 aliphatic carbocycles. The van der Waals surface area contributed by atoms with Crippen LogP contribution in [0, 0.1) is 11.6 Å². The zero-order valence-electron chi connectivity index (χ0n) is 14.3. The lowest BCUT2D eigenvalue weighted by Gasteiger charge is -2.32. The summed E-state index contributed by atoms with van der Waals surface area (Å²) in [5, 5.41) is 0. The first-order valence-corrected chi connectivity index (χ1v) is 8.71. The zero-order valence-corrected chi connectivity index (χ0v) is 14.3. The Hall–Kier alpha value is -2.31. The molecule has 0 bridgehead atoms. The monoisotopic (exact) mass is 348 g/mol. The van der Waals surface area contributed by atoms with Crippen LogP contribution in [0.1, 0.15) is 54.8 Å². The van der Waals surface area contributed by atoms with E-state index in [1.54, 1.807) is 11.1 Å². The molecule has 0 saturated carbocycles. The number of carbonyl (C=O) groups excluding carboxylic acids is 1. The topological polar surface area (TPSA) is 51.0 Å². The second kappa shape index (κ2) is 7.72. The Morgan fingerprint density at radius 1 is 1.36 bits per heavy atom. The average Bonchev–Trinajstić information content (AvgIpc) is 3.08. The molecule has 1 fully saturated rings. The molecule has 0 spiro atoms. The highest BCUT2D eigenvalue weighted by Gasteiger charge is 2.29. The van der Waals surface area contributed by atoms with Crippen molar-refractivity contribution in [1.29, 1.82) is 0 Å². The van der Waals surface area contributed by atoms with Gasteiger partial charge in [-0.2, -0.15) is 0 Å². The van der Waals surface area contributed by atoms with Gasteiger partial charge >= 0.3 is 0 Å². The molecule has 0 aromatic carbocycles. The van der Waals surface area contributed by atoms with E-state index in [2.05, 4.69) is 21.5 Å². The van der Waals surface area contributed by atoms with Crippen molar-refractivity contribution in [3.63, 3.8) is 0 Å². The highest BCUT2D eigenvalue weighted by Crippen LogP contribution is 2.27. The van der Waals surface area contributed by atoms with Crippen molar-refractivity contribution >= 4 is 5.91 Å². The SMILES string of the molecule is CCCCn1ccnc1[C@@H]1CCCN(C(=O)c2ncc(F)cc2F)C1. The lowest BCUT2D eigenvalue weighted by Crippen LogP contribution is -2.40. The second-order valence-electron chi connectivity index (χ2n) is 6.41. The van der Waals surface area contributed by atoms with Crippen molar-refractivity contribution < 1.29 is 13.6 Å². The second-order valence-corrected chi connectivity index (χ2v) is 6.41. The molecular formula is C18H22F2N4O. The normalized spacial score (nSPS) is 17.7. The standard InChI is InChI=1S/C18H22F2N4O/c1-2-3-7-23-9-6-21-17(23)13-5-4-8-24(12-13)18(25)16-15(20)10-14(19)11-22-16/h6,9-11,13H,2-5,7-8,12H2,1H3/t13-/m1/s1. The van der Waals surface area contributed by atoms with Crippen LogP contribution in [-0.2, 0) is 6.54 Å². The summed E-state index contributed by atoms with van der Waals surface area (Å²) in [5.41, 5.74) is -0.323. The van der Waals surface area contributed by atoms with Gasteiger partial charge in [0.15, 0.2) is 11.5 Å². The predicted molar refractivity (Wildman–Crippen MR) is 89.2 cm³/mol. The number of rotatable bonds is 5. The Bertz CT molecular complexity index is 746. The Labute approximate surface area is 145 Å². The first-order chi connectivity index (χ1) is 12.1. The van der Waals surface area contributed by atoms with Gasteiger partial charge in [-0.25, -0.2) is 18.7 Å². The number of nitrogens with zero attached hydrogens (tertiary/aromatic N) is 4. The molecule has 25 heavy (non-hydrogen) atoms. The van der Waals surface area contributed by atoms with Crippen molar-refractivity contribution in [3.8, 4) is 0 Å². The maximum Gasteiger partial charge on any atom is 0.275 e. The summed E-state index contributed by atoms with van der Waals surface area (Å²) in [5.74, 6) is -1.11. The summed E-state index contributed by atoms with van der Waals surface area (Å²) < 4.78 is 29.0. The van der Waals surface area contributed by atoms with Crippen LogP contribution in [0.3, 0.4) is 0 Å². The Kier molecular flexibility index (Phi) is 5.40. The maximum absolute atomic E-state index is 13.9. The summed E-state index contributed by atoms with van der Waals surface area (Å²) in [7, 11) is 0. The van der Waals surface area contributed by atoms with Gasteiger partial charge in [0, 0.05) is 44.0 Å².